The molecular formula is C71H135N2O6P. The SMILES string of the molecule is CCCCCCC/C=C\C/C=C\C/C=C\CCCCCCCCCCCCCCCCCCCCCCCCCCCCC(=O)NC(COP(=O)([O-])OCC[N+](C)(C)C)C(O)/C=C/CC/C=C/CCCCCCCCCCCCC. The monoisotopic (exact) mass is 1140 g/mol. The fourth-order valence-electron chi connectivity index (χ4n) is 10.3. The van der Waals surface area contributed by atoms with E-state index in [1.54, 1.807) is 6.08 Å². The number of rotatable bonds is 64. The molecule has 0 bridgehead atoms. The van der Waals surface area contributed by atoms with Crippen LogP contribution in [0.2, 0.25) is 0 Å². The number of likely N-dealkylation sites (N-methyl/N-ethyl adjacent to an activating group) is 1. The lowest BCUT2D eigenvalue weighted by Crippen LogP contribution is -2.45. The van der Waals surface area contributed by atoms with Gasteiger partial charge in [0.1, 0.15) is 13.2 Å². The number of amides is 1. The molecule has 0 spiro atoms. The minimum Gasteiger partial charge on any atom is -0.756 e. The van der Waals surface area contributed by atoms with Crippen LogP contribution in [0.4, 0.5) is 0 Å². The molecular weight excluding hydrogens is 1010 g/mol. The predicted octanol–water partition coefficient (Wildman–Crippen LogP) is 21.4. The first-order valence-corrected chi connectivity index (χ1v) is 36.1. The zero-order valence-corrected chi connectivity index (χ0v) is 54.7. The Labute approximate surface area is 498 Å². The van der Waals surface area contributed by atoms with Gasteiger partial charge in [0.2, 0.25) is 5.91 Å². The molecule has 0 radical (unpaired) electrons. The summed E-state index contributed by atoms with van der Waals surface area (Å²) < 4.78 is 23.4. The van der Waals surface area contributed by atoms with Crippen LogP contribution in [-0.4, -0.2) is 68.5 Å². The number of allylic oxidation sites excluding steroid dienone is 9. The Kier molecular flexibility index (Phi) is 60.4. The third-order valence-electron chi connectivity index (χ3n) is 15.7. The highest BCUT2D eigenvalue weighted by Gasteiger charge is 2.23. The van der Waals surface area contributed by atoms with Gasteiger partial charge in [-0.25, -0.2) is 0 Å². The van der Waals surface area contributed by atoms with Crippen LogP contribution in [0.3, 0.4) is 0 Å². The summed E-state index contributed by atoms with van der Waals surface area (Å²) in [6, 6.07) is -0.903. The molecule has 0 fully saturated rings. The molecule has 470 valence electrons. The minimum atomic E-state index is -4.61. The number of carbonyl (C=O) groups is 1. The van der Waals surface area contributed by atoms with E-state index in [-0.39, 0.29) is 12.5 Å². The van der Waals surface area contributed by atoms with Crippen LogP contribution >= 0.6 is 7.82 Å². The van der Waals surface area contributed by atoms with Gasteiger partial charge in [-0.3, -0.25) is 9.36 Å². The molecule has 0 aromatic rings. The van der Waals surface area contributed by atoms with Crippen molar-refractivity contribution in [2.45, 2.75) is 347 Å². The molecule has 1 amide bonds. The van der Waals surface area contributed by atoms with E-state index in [4.69, 9.17) is 9.05 Å². The quantitative estimate of drug-likeness (QED) is 0.0272. The molecule has 3 atom stereocenters. The summed E-state index contributed by atoms with van der Waals surface area (Å²) in [6.45, 7) is 4.65. The number of unbranched alkanes of at least 4 members (excludes halogenated alkanes) is 43. The Bertz CT molecular complexity index is 1490. The van der Waals surface area contributed by atoms with E-state index in [0.717, 1.165) is 51.4 Å². The number of phosphoric ester groups is 1. The average molecular weight is 1140 g/mol. The fourth-order valence-corrected chi connectivity index (χ4v) is 11.0. The number of hydrogen-bond donors (Lipinski definition) is 2. The summed E-state index contributed by atoms with van der Waals surface area (Å²) in [5, 5.41) is 13.9. The Morgan fingerprint density at radius 2 is 0.738 bits per heavy atom. The van der Waals surface area contributed by atoms with Crippen molar-refractivity contribution in [1.82, 2.24) is 5.32 Å². The maximum Gasteiger partial charge on any atom is 0.268 e. The molecule has 9 heteroatoms. The summed E-state index contributed by atoms with van der Waals surface area (Å²) in [5.41, 5.74) is 0. The predicted molar refractivity (Wildman–Crippen MR) is 348 cm³/mol. The summed E-state index contributed by atoms with van der Waals surface area (Å²) >= 11 is 0. The first-order valence-electron chi connectivity index (χ1n) is 34.7. The van der Waals surface area contributed by atoms with Crippen LogP contribution in [0.25, 0.3) is 0 Å². The molecule has 8 nitrogen and oxygen atoms in total. The van der Waals surface area contributed by atoms with Crippen LogP contribution in [0, 0.1) is 0 Å². The normalized spacial score (nSPS) is 14.0. The number of nitrogens with zero attached hydrogens (tertiary/aromatic N) is 1. The van der Waals surface area contributed by atoms with Crippen molar-refractivity contribution < 1.29 is 32.9 Å². The highest BCUT2D eigenvalue weighted by molar-refractivity contribution is 7.45. The first-order chi connectivity index (χ1) is 39.0. The van der Waals surface area contributed by atoms with Crippen LogP contribution < -0.4 is 10.2 Å². The highest BCUT2D eigenvalue weighted by Crippen LogP contribution is 2.38. The van der Waals surface area contributed by atoms with Crippen molar-refractivity contribution in [2.24, 2.45) is 0 Å². The highest BCUT2D eigenvalue weighted by atomic mass is 31.2. The molecule has 0 rings (SSSR count). The number of phosphoric acid groups is 1. The van der Waals surface area contributed by atoms with E-state index >= 15 is 0 Å². The largest absolute Gasteiger partial charge is 0.756 e. The molecule has 0 aliphatic rings. The molecule has 80 heavy (non-hydrogen) atoms. The molecule has 3 unspecified atom stereocenters. The van der Waals surface area contributed by atoms with Crippen molar-refractivity contribution in [3.8, 4) is 0 Å². The van der Waals surface area contributed by atoms with Gasteiger partial charge in [-0.15, -0.1) is 0 Å². The van der Waals surface area contributed by atoms with Gasteiger partial charge in [0, 0.05) is 6.42 Å². The van der Waals surface area contributed by atoms with Crippen molar-refractivity contribution in [1.29, 1.82) is 0 Å². The fraction of sp³-hybridized carbons (Fsp3) is 0.845. The topological polar surface area (TPSA) is 108 Å². The van der Waals surface area contributed by atoms with E-state index in [0.29, 0.717) is 17.4 Å². The lowest BCUT2D eigenvalue weighted by atomic mass is 10.0. The van der Waals surface area contributed by atoms with Crippen LogP contribution in [0.5, 0.6) is 0 Å². The number of aliphatic hydroxyl groups is 1. The molecule has 2 N–H and O–H groups in total. The van der Waals surface area contributed by atoms with Crippen LogP contribution in [0.1, 0.15) is 335 Å². The summed E-state index contributed by atoms with van der Waals surface area (Å²) in [6.07, 6.45) is 85.0. The smallest absolute Gasteiger partial charge is 0.268 e. The van der Waals surface area contributed by atoms with E-state index in [1.807, 2.05) is 27.2 Å². The Balaban J connectivity index is 3.91. The Morgan fingerprint density at radius 3 is 1.10 bits per heavy atom. The second-order valence-corrected chi connectivity index (χ2v) is 26.3. The van der Waals surface area contributed by atoms with Crippen molar-refractivity contribution >= 4 is 13.7 Å². The van der Waals surface area contributed by atoms with Crippen molar-refractivity contribution in [3.05, 3.63) is 60.8 Å². The van der Waals surface area contributed by atoms with E-state index < -0.39 is 26.6 Å². The zero-order valence-electron chi connectivity index (χ0n) is 53.8. The molecule has 0 aliphatic heterocycles. The van der Waals surface area contributed by atoms with Gasteiger partial charge >= 0.3 is 0 Å². The van der Waals surface area contributed by atoms with Gasteiger partial charge in [-0.05, 0) is 70.6 Å². The van der Waals surface area contributed by atoms with Gasteiger partial charge in [-0.1, -0.05) is 319 Å². The summed E-state index contributed by atoms with van der Waals surface area (Å²) in [7, 11) is 1.25. The maximum absolute atomic E-state index is 13.0. The second kappa shape index (κ2) is 61.8. The molecule has 0 heterocycles. The zero-order chi connectivity index (χ0) is 58.4. The standard InChI is InChI=1S/C71H135N2O6P/c1-6-8-10-12-14-16-18-20-22-24-25-26-27-28-29-30-31-32-33-34-35-36-37-38-39-40-41-42-43-44-45-46-47-49-51-53-55-57-59-61-63-65-71(75)72-69(68-79-80(76,77)78-67-66-73(3,4)5)70(74)64-62-60-58-56-54-52-50-48-23-21-19-17-15-13-11-9-7-2/h18,20,24-25,27-28,54,56,62,64,69-70,74H,6-17,19,21-23,26,29-53,55,57-61,63,65-68H2,1-5H3,(H-,72,75,76,77)/b20-18-,25-24-,28-27-,56-54+,64-62+. The van der Waals surface area contributed by atoms with E-state index in [1.165, 1.54) is 263 Å². The van der Waals surface area contributed by atoms with Crippen LogP contribution in [-0.2, 0) is 18.4 Å². The first kappa shape index (κ1) is 78.2. The van der Waals surface area contributed by atoms with Gasteiger partial charge in [0.25, 0.3) is 7.82 Å². The van der Waals surface area contributed by atoms with Crippen molar-refractivity contribution in [3.63, 3.8) is 0 Å². The minimum absolute atomic E-state index is 0.00548. The maximum atomic E-state index is 13.0. The summed E-state index contributed by atoms with van der Waals surface area (Å²) in [4.78, 5) is 25.6. The number of aliphatic hydroxyl groups excluding tert-OH is 1. The molecule has 0 saturated carbocycles. The number of hydrogen-bond acceptors (Lipinski definition) is 6. The van der Waals surface area contributed by atoms with Gasteiger partial charge in [0.05, 0.1) is 39.9 Å². The second-order valence-electron chi connectivity index (χ2n) is 24.9. The van der Waals surface area contributed by atoms with Crippen LogP contribution in [0.15, 0.2) is 60.8 Å². The van der Waals surface area contributed by atoms with E-state index in [9.17, 15) is 19.4 Å². The van der Waals surface area contributed by atoms with Gasteiger partial charge in [-0.2, -0.15) is 0 Å². The lowest BCUT2D eigenvalue weighted by Gasteiger charge is -2.29. The third kappa shape index (κ3) is 63.8. The average Bonchev–Trinajstić information content (AvgIpc) is 3.42. The van der Waals surface area contributed by atoms with Gasteiger partial charge in [0.15, 0.2) is 0 Å². The third-order valence-corrected chi connectivity index (χ3v) is 16.7. The number of quaternary nitrogens is 1. The number of carbonyl (C=O) groups excluding carboxylic acids is 1. The Morgan fingerprint density at radius 1 is 0.438 bits per heavy atom. The van der Waals surface area contributed by atoms with Crippen molar-refractivity contribution in [2.75, 3.05) is 40.9 Å². The number of nitrogens with one attached hydrogen (secondary N) is 1. The Hall–Kier alpha value is -1.80. The molecule has 0 aliphatic carbocycles. The van der Waals surface area contributed by atoms with Gasteiger partial charge < -0.3 is 28.8 Å². The van der Waals surface area contributed by atoms with E-state index in [2.05, 4.69) is 67.8 Å². The molecule has 0 aromatic carbocycles. The summed E-state index contributed by atoms with van der Waals surface area (Å²) in [5.74, 6) is -0.202. The lowest BCUT2D eigenvalue weighted by molar-refractivity contribution is -0.870. The molecule has 0 aromatic heterocycles. The molecule has 0 saturated heterocycles.